The second-order valence-electron chi connectivity index (χ2n) is 13.5. The highest BCUT2D eigenvalue weighted by Gasteiger charge is 2.46. The summed E-state index contributed by atoms with van der Waals surface area (Å²) in [5, 5.41) is 2.24. The van der Waals surface area contributed by atoms with E-state index in [-0.39, 0.29) is 0 Å². The van der Waals surface area contributed by atoms with E-state index in [1.165, 1.54) is 44.5 Å². The van der Waals surface area contributed by atoms with Gasteiger partial charge in [0.25, 0.3) is 0 Å². The molecule has 0 N–H and O–H groups in total. The Hall–Kier alpha value is -6.97. The van der Waals surface area contributed by atoms with Crippen molar-refractivity contribution in [3.05, 3.63) is 222 Å². The van der Waals surface area contributed by atoms with Crippen LogP contribution in [-0.4, -0.2) is 15.0 Å². The van der Waals surface area contributed by atoms with Crippen LogP contribution in [0.15, 0.2) is 200 Å². The third-order valence-electron chi connectivity index (χ3n) is 10.6. The third kappa shape index (κ3) is 5.01. The largest absolute Gasteiger partial charge is 0.208 e. The van der Waals surface area contributed by atoms with Crippen LogP contribution in [0.3, 0.4) is 0 Å². The molecule has 8 aromatic carbocycles. The molecule has 53 heavy (non-hydrogen) atoms. The normalized spacial score (nSPS) is 12.7. The predicted octanol–water partition coefficient (Wildman–Crippen LogP) is 12.1. The van der Waals surface area contributed by atoms with Gasteiger partial charge in [-0.15, -0.1) is 0 Å². The quantitative estimate of drug-likeness (QED) is 0.176. The fourth-order valence-electron chi connectivity index (χ4n) is 8.29. The van der Waals surface area contributed by atoms with Crippen molar-refractivity contribution in [2.75, 3.05) is 0 Å². The molecule has 0 saturated heterocycles. The lowest BCUT2D eigenvalue weighted by molar-refractivity contribution is 0.769. The lowest BCUT2D eigenvalue weighted by Gasteiger charge is -2.34. The van der Waals surface area contributed by atoms with Crippen molar-refractivity contribution in [1.29, 1.82) is 0 Å². The lowest BCUT2D eigenvalue weighted by Crippen LogP contribution is -2.28. The van der Waals surface area contributed by atoms with Gasteiger partial charge in [0, 0.05) is 16.7 Å². The fraction of sp³-hybridized carbons (Fsp3) is 0.0200. The maximum Gasteiger partial charge on any atom is 0.164 e. The van der Waals surface area contributed by atoms with E-state index in [1.807, 2.05) is 60.7 Å². The minimum Gasteiger partial charge on any atom is -0.208 e. The van der Waals surface area contributed by atoms with Crippen LogP contribution >= 0.6 is 0 Å². The summed E-state index contributed by atoms with van der Waals surface area (Å²) in [6.45, 7) is 0. The molecule has 248 valence electrons. The van der Waals surface area contributed by atoms with E-state index in [1.54, 1.807) is 0 Å². The number of aromatic nitrogens is 3. The molecule has 0 fully saturated rings. The monoisotopic (exact) mass is 675 g/mol. The number of hydrogen-bond donors (Lipinski definition) is 0. The Morgan fingerprint density at radius 1 is 0.283 bits per heavy atom. The molecule has 9 aromatic rings. The number of nitrogens with zero attached hydrogens (tertiary/aromatic N) is 3. The Bertz CT molecular complexity index is 2660. The van der Waals surface area contributed by atoms with Gasteiger partial charge in [0.2, 0.25) is 0 Å². The van der Waals surface area contributed by atoms with Crippen LogP contribution in [0.5, 0.6) is 0 Å². The highest BCUT2D eigenvalue weighted by molar-refractivity contribution is 6.05. The molecule has 0 spiro atoms. The van der Waals surface area contributed by atoms with E-state index in [2.05, 4.69) is 140 Å². The van der Waals surface area contributed by atoms with Gasteiger partial charge in [-0.1, -0.05) is 188 Å². The van der Waals surface area contributed by atoms with Crippen LogP contribution in [0.1, 0.15) is 22.3 Å². The van der Waals surface area contributed by atoms with Crippen LogP contribution in [0.2, 0.25) is 0 Å². The summed E-state index contributed by atoms with van der Waals surface area (Å²) in [5.74, 6) is 1.95. The van der Waals surface area contributed by atoms with E-state index in [4.69, 9.17) is 15.0 Å². The molecule has 0 amide bonds. The summed E-state index contributed by atoms with van der Waals surface area (Å²) in [5.41, 5.74) is 12.4. The third-order valence-corrected chi connectivity index (χ3v) is 10.6. The molecule has 3 nitrogen and oxygen atoms in total. The van der Waals surface area contributed by atoms with Gasteiger partial charge >= 0.3 is 0 Å². The number of hydrogen-bond acceptors (Lipinski definition) is 3. The average Bonchev–Trinajstić information content (AvgIpc) is 3.55. The molecule has 1 aromatic heterocycles. The Morgan fingerprint density at radius 2 is 0.717 bits per heavy atom. The molecule has 3 heteroatoms. The van der Waals surface area contributed by atoms with E-state index < -0.39 is 5.41 Å². The maximum atomic E-state index is 5.09. The molecule has 0 unspecified atom stereocenters. The average molecular weight is 676 g/mol. The molecular weight excluding hydrogens is 643 g/mol. The molecular formula is C50H33N3. The Kier molecular flexibility index (Phi) is 7.36. The zero-order valence-corrected chi connectivity index (χ0v) is 28.9. The smallest absolute Gasteiger partial charge is 0.164 e. The standard InChI is InChI=1S/C50H33N3/c1-5-17-34(18-6-1)47-51-48(35-19-7-2-8-20-35)53-49(52-47)44-32-31-39(40-25-13-14-26-41(40)44)36-29-30-43-42-27-15-16-28-45(42)50(46(43)33-36,37-21-9-3-10-22-37)38-23-11-4-12-24-38/h1-33H. The van der Waals surface area contributed by atoms with E-state index in [0.717, 1.165) is 27.5 Å². The van der Waals surface area contributed by atoms with Gasteiger partial charge < -0.3 is 0 Å². The van der Waals surface area contributed by atoms with Crippen LogP contribution < -0.4 is 0 Å². The highest BCUT2D eigenvalue weighted by Crippen LogP contribution is 2.56. The zero-order chi connectivity index (χ0) is 35.2. The molecule has 1 aliphatic carbocycles. The topological polar surface area (TPSA) is 38.7 Å². The second kappa shape index (κ2) is 12.7. The second-order valence-corrected chi connectivity index (χ2v) is 13.5. The first kappa shape index (κ1) is 30.8. The molecule has 0 radical (unpaired) electrons. The summed E-state index contributed by atoms with van der Waals surface area (Å²) >= 11 is 0. The molecule has 0 atom stereocenters. The van der Waals surface area contributed by atoms with E-state index in [9.17, 15) is 0 Å². The predicted molar refractivity (Wildman–Crippen MR) is 216 cm³/mol. The summed E-state index contributed by atoms with van der Waals surface area (Å²) in [6, 6.07) is 71.2. The van der Waals surface area contributed by atoms with E-state index in [0.29, 0.717) is 17.5 Å². The van der Waals surface area contributed by atoms with Gasteiger partial charge in [-0.25, -0.2) is 15.0 Å². The van der Waals surface area contributed by atoms with Gasteiger partial charge in [0.05, 0.1) is 5.41 Å². The number of benzene rings is 8. The minimum absolute atomic E-state index is 0.466. The van der Waals surface area contributed by atoms with Crippen molar-refractivity contribution >= 4 is 10.8 Å². The van der Waals surface area contributed by atoms with Crippen molar-refractivity contribution < 1.29 is 0 Å². The Balaban J connectivity index is 1.19. The van der Waals surface area contributed by atoms with Crippen LogP contribution in [0.25, 0.3) is 67.2 Å². The van der Waals surface area contributed by atoms with Gasteiger partial charge in [-0.05, 0) is 67.4 Å². The zero-order valence-electron chi connectivity index (χ0n) is 28.9. The van der Waals surface area contributed by atoms with Gasteiger partial charge in [0.1, 0.15) is 0 Å². The molecule has 10 rings (SSSR count). The first-order chi connectivity index (χ1) is 26.3. The summed E-state index contributed by atoms with van der Waals surface area (Å²) < 4.78 is 0. The van der Waals surface area contributed by atoms with Crippen LogP contribution in [-0.2, 0) is 5.41 Å². The molecule has 1 heterocycles. The fourth-order valence-corrected chi connectivity index (χ4v) is 8.29. The van der Waals surface area contributed by atoms with E-state index >= 15 is 0 Å². The molecule has 0 saturated carbocycles. The molecule has 0 aliphatic heterocycles. The lowest BCUT2D eigenvalue weighted by atomic mass is 9.67. The van der Waals surface area contributed by atoms with Crippen molar-refractivity contribution in [1.82, 2.24) is 15.0 Å². The SMILES string of the molecule is c1ccc(-c2nc(-c3ccccc3)nc(-c3ccc(-c4ccc5c(c4)C(c4ccccc4)(c4ccccc4)c4ccccc4-5)c4ccccc34)n2)cc1. The summed E-state index contributed by atoms with van der Waals surface area (Å²) in [7, 11) is 0. The summed E-state index contributed by atoms with van der Waals surface area (Å²) in [6.07, 6.45) is 0. The van der Waals surface area contributed by atoms with Crippen LogP contribution in [0.4, 0.5) is 0 Å². The highest BCUT2D eigenvalue weighted by atomic mass is 15.0. The number of fused-ring (bicyclic) bond motifs is 4. The first-order valence-electron chi connectivity index (χ1n) is 18.0. The number of rotatable bonds is 6. The Labute approximate surface area is 309 Å². The molecule has 0 bridgehead atoms. The van der Waals surface area contributed by atoms with Gasteiger partial charge in [-0.3, -0.25) is 0 Å². The maximum absolute atomic E-state index is 5.09. The van der Waals surface area contributed by atoms with Crippen molar-refractivity contribution in [2.45, 2.75) is 5.41 Å². The van der Waals surface area contributed by atoms with Gasteiger partial charge in [-0.2, -0.15) is 0 Å². The van der Waals surface area contributed by atoms with Crippen molar-refractivity contribution in [3.8, 4) is 56.4 Å². The minimum atomic E-state index is -0.466. The summed E-state index contributed by atoms with van der Waals surface area (Å²) in [4.78, 5) is 15.1. The Morgan fingerprint density at radius 3 is 1.32 bits per heavy atom. The van der Waals surface area contributed by atoms with Gasteiger partial charge in [0.15, 0.2) is 17.5 Å². The van der Waals surface area contributed by atoms with Crippen molar-refractivity contribution in [3.63, 3.8) is 0 Å². The molecule has 1 aliphatic rings. The van der Waals surface area contributed by atoms with Crippen LogP contribution in [0, 0.1) is 0 Å². The van der Waals surface area contributed by atoms with Crippen molar-refractivity contribution in [2.24, 2.45) is 0 Å². The first-order valence-corrected chi connectivity index (χ1v) is 18.0.